The van der Waals surface area contributed by atoms with Crippen molar-refractivity contribution in [1.29, 1.82) is 0 Å². The van der Waals surface area contributed by atoms with Gasteiger partial charge < -0.3 is 26.5 Å². The molecule has 0 spiro atoms. The summed E-state index contributed by atoms with van der Waals surface area (Å²) >= 11 is 0. The molecule has 0 aliphatic carbocycles. The number of oxazole rings is 1. The number of ketones is 1. The molecule has 1 aromatic carbocycles. The predicted molar refractivity (Wildman–Crippen MR) is 161 cm³/mol. The lowest BCUT2D eigenvalue weighted by Gasteiger charge is -2.22. The van der Waals surface area contributed by atoms with E-state index in [9.17, 15) is 22.8 Å². The Morgan fingerprint density at radius 1 is 1.23 bits per heavy atom. The standard InChI is InChI=1S/C27H37N9O6S/c1-17-32-15-21(35-43(40,41)14-10-18-8-12-30-13-9-18)26(39)36(17)16-23(37)33-20(6-4-11-31-27(28)29)24(38)25-34-19-5-2-3-7-22(19)42-25/h2-3,5,7,15,18,20,30,35H,4,6,8-14,16H2,1H3,(H,33,37)(H4,28,29,31)/t20-/m0/s1. The van der Waals surface area contributed by atoms with Crippen LogP contribution in [0.25, 0.3) is 11.1 Å². The van der Waals surface area contributed by atoms with E-state index in [1.54, 1.807) is 24.3 Å². The number of guanidine groups is 1. The Bertz CT molecular complexity index is 1610. The van der Waals surface area contributed by atoms with Crippen LogP contribution in [0.5, 0.6) is 0 Å². The average molecular weight is 616 g/mol. The van der Waals surface area contributed by atoms with Crippen LogP contribution in [0.4, 0.5) is 5.69 Å². The molecule has 0 unspecified atom stereocenters. The van der Waals surface area contributed by atoms with E-state index in [0.717, 1.165) is 36.7 Å². The highest BCUT2D eigenvalue weighted by Crippen LogP contribution is 2.18. The summed E-state index contributed by atoms with van der Waals surface area (Å²) in [5.41, 5.74) is 10.7. The summed E-state index contributed by atoms with van der Waals surface area (Å²) in [6, 6.07) is 5.80. The molecule has 1 atom stereocenters. The molecule has 1 aliphatic rings. The van der Waals surface area contributed by atoms with E-state index >= 15 is 0 Å². The summed E-state index contributed by atoms with van der Waals surface area (Å²) in [4.78, 5) is 51.9. The van der Waals surface area contributed by atoms with Gasteiger partial charge in [-0.3, -0.25) is 28.7 Å². The number of piperidine rings is 1. The number of aryl methyl sites for hydroxylation is 1. The first kappa shape index (κ1) is 31.6. The van der Waals surface area contributed by atoms with Gasteiger partial charge in [-0.25, -0.2) is 18.4 Å². The number of hydrogen-bond acceptors (Lipinski definition) is 10. The number of anilines is 1. The third kappa shape index (κ3) is 8.84. The summed E-state index contributed by atoms with van der Waals surface area (Å²) in [6.45, 7) is 2.93. The Balaban J connectivity index is 1.46. The van der Waals surface area contributed by atoms with Gasteiger partial charge in [-0.1, -0.05) is 12.1 Å². The molecule has 0 saturated carbocycles. The van der Waals surface area contributed by atoms with Gasteiger partial charge in [-0.05, 0) is 70.2 Å². The highest BCUT2D eigenvalue weighted by atomic mass is 32.2. The molecule has 0 radical (unpaired) electrons. The second-order valence-corrected chi connectivity index (χ2v) is 12.3. The number of carbonyl (C=O) groups excluding carboxylic acids is 2. The maximum absolute atomic E-state index is 13.3. The first-order valence-corrected chi connectivity index (χ1v) is 15.7. The quantitative estimate of drug-likeness (QED) is 0.0714. The first-order chi connectivity index (χ1) is 20.5. The van der Waals surface area contributed by atoms with Crippen LogP contribution in [0, 0.1) is 12.8 Å². The van der Waals surface area contributed by atoms with Gasteiger partial charge >= 0.3 is 0 Å². The molecule has 2 aromatic heterocycles. The number of para-hydroxylation sites is 2. The molecule has 3 aromatic rings. The molecule has 4 rings (SSSR count). The average Bonchev–Trinajstić information content (AvgIpc) is 3.42. The number of carbonyl (C=O) groups is 2. The lowest BCUT2D eigenvalue weighted by molar-refractivity contribution is -0.122. The van der Waals surface area contributed by atoms with Gasteiger partial charge in [0.15, 0.2) is 11.5 Å². The number of hydrogen-bond donors (Lipinski definition) is 5. The van der Waals surface area contributed by atoms with E-state index in [-0.39, 0.29) is 42.1 Å². The Hall–Kier alpha value is -4.31. The topological polar surface area (TPSA) is 230 Å². The van der Waals surface area contributed by atoms with E-state index in [1.165, 1.54) is 6.92 Å². The summed E-state index contributed by atoms with van der Waals surface area (Å²) in [5.74, 6) is -1.17. The molecular weight excluding hydrogens is 578 g/mol. The summed E-state index contributed by atoms with van der Waals surface area (Å²) in [5, 5.41) is 5.89. The molecule has 1 aliphatic heterocycles. The molecule has 16 heteroatoms. The minimum absolute atomic E-state index is 0.102. The van der Waals surface area contributed by atoms with Crippen LogP contribution in [0.1, 0.15) is 48.6 Å². The number of sulfonamides is 1. The first-order valence-electron chi connectivity index (χ1n) is 14.0. The highest BCUT2D eigenvalue weighted by molar-refractivity contribution is 7.92. The van der Waals surface area contributed by atoms with Crippen molar-refractivity contribution < 1.29 is 22.4 Å². The van der Waals surface area contributed by atoms with Crippen LogP contribution in [-0.2, 0) is 21.4 Å². The third-order valence-corrected chi connectivity index (χ3v) is 8.47. The van der Waals surface area contributed by atoms with Crippen LogP contribution in [0.3, 0.4) is 0 Å². The fourth-order valence-electron chi connectivity index (χ4n) is 4.82. The van der Waals surface area contributed by atoms with Gasteiger partial charge in [0.2, 0.25) is 21.7 Å². The lowest BCUT2D eigenvalue weighted by Crippen LogP contribution is -2.44. The molecule has 0 bridgehead atoms. The molecule has 43 heavy (non-hydrogen) atoms. The summed E-state index contributed by atoms with van der Waals surface area (Å²) < 4.78 is 34.5. The molecule has 15 nitrogen and oxygen atoms in total. The second kappa shape index (κ2) is 14.2. The fourth-order valence-corrected chi connectivity index (χ4v) is 6.05. The zero-order chi connectivity index (χ0) is 31.0. The van der Waals surface area contributed by atoms with Gasteiger partial charge in [0, 0.05) is 6.54 Å². The molecule has 232 valence electrons. The molecule has 1 fully saturated rings. The number of amides is 1. The molecule has 7 N–H and O–H groups in total. The molecule has 1 amide bonds. The number of nitrogens with one attached hydrogen (secondary N) is 3. The van der Waals surface area contributed by atoms with E-state index in [1.807, 2.05) is 0 Å². The Kier molecular flexibility index (Phi) is 10.5. The van der Waals surface area contributed by atoms with Gasteiger partial charge in [0.25, 0.3) is 11.4 Å². The van der Waals surface area contributed by atoms with Crippen molar-refractivity contribution in [1.82, 2.24) is 25.2 Å². The maximum atomic E-state index is 13.3. The van der Waals surface area contributed by atoms with Crippen molar-refractivity contribution in [3.63, 3.8) is 0 Å². The maximum Gasteiger partial charge on any atom is 0.278 e. The van der Waals surface area contributed by atoms with Crippen molar-refractivity contribution >= 4 is 44.5 Å². The van der Waals surface area contributed by atoms with Crippen LogP contribution in [-0.4, -0.2) is 72.0 Å². The molecular formula is C27H37N9O6S. The van der Waals surface area contributed by atoms with Crippen LogP contribution in [0.15, 0.2) is 44.7 Å². The fraction of sp³-hybridized carbons (Fsp3) is 0.481. The number of benzene rings is 1. The van der Waals surface area contributed by atoms with E-state index in [0.29, 0.717) is 29.9 Å². The molecule has 1 saturated heterocycles. The van der Waals surface area contributed by atoms with Crippen molar-refractivity contribution in [2.75, 3.05) is 30.1 Å². The SMILES string of the molecule is Cc1ncc(NS(=O)(=O)CCC2CCNCC2)c(=O)n1CC(=O)N[C@@H](CCCN=C(N)N)C(=O)c1nc2ccccc2o1. The molecule has 3 heterocycles. The minimum Gasteiger partial charge on any atom is -0.434 e. The summed E-state index contributed by atoms with van der Waals surface area (Å²) in [7, 11) is -3.82. The van der Waals surface area contributed by atoms with Gasteiger partial charge in [0.1, 0.15) is 23.6 Å². The van der Waals surface area contributed by atoms with Gasteiger partial charge in [-0.2, -0.15) is 0 Å². The normalized spacial score (nSPS) is 14.7. The largest absolute Gasteiger partial charge is 0.434 e. The second-order valence-electron chi connectivity index (χ2n) is 10.4. The lowest BCUT2D eigenvalue weighted by atomic mass is 9.96. The van der Waals surface area contributed by atoms with Gasteiger partial charge in [0.05, 0.1) is 18.0 Å². The van der Waals surface area contributed by atoms with Crippen molar-refractivity contribution in [2.24, 2.45) is 22.4 Å². The Labute approximate surface area is 248 Å². The monoisotopic (exact) mass is 615 g/mol. The van der Waals surface area contributed by atoms with E-state index < -0.39 is 39.9 Å². The van der Waals surface area contributed by atoms with Crippen molar-refractivity contribution in [2.45, 2.75) is 51.6 Å². The number of nitrogens with zero attached hydrogens (tertiary/aromatic N) is 4. The van der Waals surface area contributed by atoms with Crippen molar-refractivity contribution in [3.8, 4) is 0 Å². The zero-order valence-electron chi connectivity index (χ0n) is 23.9. The number of Topliss-reactive ketones (excluding diaryl/α,β-unsaturated/α-hetero) is 1. The van der Waals surface area contributed by atoms with Gasteiger partial charge in [-0.15, -0.1) is 0 Å². The van der Waals surface area contributed by atoms with E-state index in [2.05, 4.69) is 30.3 Å². The number of nitrogens with two attached hydrogens (primary N) is 2. The Morgan fingerprint density at radius 2 is 1.98 bits per heavy atom. The summed E-state index contributed by atoms with van der Waals surface area (Å²) in [6.07, 6.45) is 3.91. The van der Waals surface area contributed by atoms with Crippen LogP contribution in [0.2, 0.25) is 0 Å². The zero-order valence-corrected chi connectivity index (χ0v) is 24.7. The minimum atomic E-state index is -3.82. The number of fused-ring (bicyclic) bond motifs is 1. The van der Waals surface area contributed by atoms with E-state index in [4.69, 9.17) is 15.9 Å². The highest BCUT2D eigenvalue weighted by Gasteiger charge is 2.27. The van der Waals surface area contributed by atoms with Crippen LogP contribution >= 0.6 is 0 Å². The third-order valence-electron chi connectivity index (χ3n) is 7.17. The van der Waals surface area contributed by atoms with Crippen LogP contribution < -0.4 is 32.4 Å². The predicted octanol–water partition coefficient (Wildman–Crippen LogP) is 0.246. The Morgan fingerprint density at radius 3 is 2.70 bits per heavy atom. The number of aromatic nitrogens is 3. The number of rotatable bonds is 14. The van der Waals surface area contributed by atoms with Crippen molar-refractivity contribution in [3.05, 3.63) is 52.5 Å². The smallest absolute Gasteiger partial charge is 0.278 e. The number of aliphatic imine (C=N–C) groups is 1.